The van der Waals surface area contributed by atoms with E-state index in [1.807, 2.05) is 37.3 Å². The number of hydrogen-bond donors (Lipinski definition) is 1. The topological polar surface area (TPSA) is 66.5 Å². The Morgan fingerprint density at radius 3 is 2.52 bits per heavy atom. The molecule has 0 saturated carbocycles. The second-order valence-corrected chi connectivity index (χ2v) is 10.7. The van der Waals surface area contributed by atoms with Crippen LogP contribution < -0.4 is 9.62 Å². The zero-order valence-corrected chi connectivity index (χ0v) is 19.9. The Balaban J connectivity index is 1.74. The highest BCUT2D eigenvalue weighted by atomic mass is 79.9. The SMILES string of the molecule is Cc1cccc(C(C)C)c1NC(=O)CN1c2ccc(Br)cc2-c2ccccc2S1(=O)=O. The van der Waals surface area contributed by atoms with E-state index >= 15 is 0 Å². The van der Waals surface area contributed by atoms with E-state index in [0.717, 1.165) is 26.9 Å². The van der Waals surface area contributed by atoms with Crippen molar-refractivity contribution in [1.29, 1.82) is 0 Å². The molecule has 1 heterocycles. The van der Waals surface area contributed by atoms with Crippen LogP contribution in [0.2, 0.25) is 0 Å². The van der Waals surface area contributed by atoms with Crippen LogP contribution >= 0.6 is 15.9 Å². The van der Waals surface area contributed by atoms with Crippen molar-refractivity contribution in [1.82, 2.24) is 0 Å². The molecule has 1 amide bonds. The fraction of sp³-hybridized carbons (Fsp3) is 0.208. The number of anilines is 2. The van der Waals surface area contributed by atoms with Gasteiger partial charge in [-0.25, -0.2) is 8.42 Å². The number of para-hydroxylation sites is 1. The van der Waals surface area contributed by atoms with Gasteiger partial charge in [0.05, 0.1) is 10.6 Å². The minimum Gasteiger partial charge on any atom is -0.324 e. The largest absolute Gasteiger partial charge is 0.324 e. The third kappa shape index (κ3) is 3.88. The fourth-order valence-electron chi connectivity index (χ4n) is 3.93. The molecular formula is C24H23BrN2O3S. The lowest BCUT2D eigenvalue weighted by Crippen LogP contribution is -2.40. The van der Waals surface area contributed by atoms with Gasteiger partial charge in [0.15, 0.2) is 0 Å². The van der Waals surface area contributed by atoms with Gasteiger partial charge in [-0.15, -0.1) is 0 Å². The lowest BCUT2D eigenvalue weighted by molar-refractivity contribution is -0.114. The highest BCUT2D eigenvalue weighted by Gasteiger charge is 2.36. The normalized spacial score (nSPS) is 14.2. The zero-order chi connectivity index (χ0) is 22.3. The van der Waals surface area contributed by atoms with Gasteiger partial charge in [-0.1, -0.05) is 66.2 Å². The highest BCUT2D eigenvalue weighted by Crippen LogP contribution is 2.44. The van der Waals surface area contributed by atoms with Crippen molar-refractivity contribution >= 4 is 43.2 Å². The minimum atomic E-state index is -3.88. The first-order chi connectivity index (χ1) is 14.7. The molecule has 1 aliphatic rings. The van der Waals surface area contributed by atoms with E-state index in [9.17, 15) is 13.2 Å². The summed E-state index contributed by atoms with van der Waals surface area (Å²) in [7, 11) is -3.88. The van der Waals surface area contributed by atoms with E-state index in [1.54, 1.807) is 30.3 Å². The van der Waals surface area contributed by atoms with Crippen molar-refractivity contribution in [2.75, 3.05) is 16.2 Å². The summed E-state index contributed by atoms with van der Waals surface area (Å²) >= 11 is 3.47. The summed E-state index contributed by atoms with van der Waals surface area (Å²) in [4.78, 5) is 13.3. The summed E-state index contributed by atoms with van der Waals surface area (Å²) in [5.41, 5.74) is 4.60. The first-order valence-corrected chi connectivity index (χ1v) is 12.2. The van der Waals surface area contributed by atoms with Crippen molar-refractivity contribution < 1.29 is 13.2 Å². The van der Waals surface area contributed by atoms with Crippen molar-refractivity contribution in [3.05, 3.63) is 76.3 Å². The zero-order valence-electron chi connectivity index (χ0n) is 17.5. The second kappa shape index (κ2) is 8.13. The molecule has 0 bridgehead atoms. The molecule has 0 fully saturated rings. The first kappa shape index (κ1) is 21.6. The summed E-state index contributed by atoms with van der Waals surface area (Å²) in [6.45, 7) is 5.74. The maximum absolute atomic E-state index is 13.4. The van der Waals surface area contributed by atoms with E-state index in [1.165, 1.54) is 4.31 Å². The van der Waals surface area contributed by atoms with Crippen molar-refractivity contribution in [3.63, 3.8) is 0 Å². The number of nitrogens with one attached hydrogen (secondary N) is 1. The Morgan fingerprint density at radius 2 is 1.77 bits per heavy atom. The van der Waals surface area contributed by atoms with Gasteiger partial charge in [0.25, 0.3) is 10.0 Å². The number of amides is 1. The fourth-order valence-corrected chi connectivity index (χ4v) is 5.94. The number of sulfonamides is 1. The molecule has 5 nitrogen and oxygen atoms in total. The highest BCUT2D eigenvalue weighted by molar-refractivity contribution is 9.10. The maximum Gasteiger partial charge on any atom is 0.265 e. The number of benzene rings is 3. The van der Waals surface area contributed by atoms with E-state index in [0.29, 0.717) is 11.3 Å². The summed E-state index contributed by atoms with van der Waals surface area (Å²) in [6, 6.07) is 18.1. The van der Waals surface area contributed by atoms with E-state index < -0.39 is 10.0 Å². The molecule has 160 valence electrons. The van der Waals surface area contributed by atoms with Gasteiger partial charge in [0, 0.05) is 21.3 Å². The summed E-state index contributed by atoms with van der Waals surface area (Å²) in [6.07, 6.45) is 0. The average molecular weight is 499 g/mol. The van der Waals surface area contributed by atoms with Crippen LogP contribution in [0.5, 0.6) is 0 Å². The van der Waals surface area contributed by atoms with Gasteiger partial charge in [-0.05, 0) is 48.2 Å². The third-order valence-corrected chi connectivity index (χ3v) is 7.76. The molecule has 0 aliphatic carbocycles. The van der Waals surface area contributed by atoms with E-state index in [-0.39, 0.29) is 23.3 Å². The monoisotopic (exact) mass is 498 g/mol. The van der Waals surface area contributed by atoms with Crippen LogP contribution in [-0.4, -0.2) is 20.9 Å². The van der Waals surface area contributed by atoms with Crippen molar-refractivity contribution in [2.24, 2.45) is 0 Å². The maximum atomic E-state index is 13.4. The first-order valence-electron chi connectivity index (χ1n) is 10.0. The number of halogens is 1. The second-order valence-electron chi connectivity index (χ2n) is 7.91. The molecule has 1 aliphatic heterocycles. The molecule has 31 heavy (non-hydrogen) atoms. The van der Waals surface area contributed by atoms with Crippen molar-refractivity contribution in [3.8, 4) is 11.1 Å². The number of aryl methyl sites for hydroxylation is 1. The predicted octanol–water partition coefficient (Wildman–Crippen LogP) is 5.70. The van der Waals surface area contributed by atoms with Crippen LogP contribution in [0.3, 0.4) is 0 Å². The molecule has 0 aromatic heterocycles. The number of rotatable bonds is 4. The quantitative estimate of drug-likeness (QED) is 0.501. The number of hydrogen-bond acceptors (Lipinski definition) is 3. The summed E-state index contributed by atoms with van der Waals surface area (Å²) < 4.78 is 28.9. The van der Waals surface area contributed by atoms with Gasteiger partial charge in [0.1, 0.15) is 6.54 Å². The van der Waals surface area contributed by atoms with E-state index in [4.69, 9.17) is 0 Å². The molecule has 0 spiro atoms. The lowest BCUT2D eigenvalue weighted by atomic mass is 9.98. The van der Waals surface area contributed by atoms with Gasteiger partial charge in [-0.3, -0.25) is 9.10 Å². The molecule has 0 unspecified atom stereocenters. The molecule has 0 radical (unpaired) electrons. The van der Waals surface area contributed by atoms with Crippen molar-refractivity contribution in [2.45, 2.75) is 31.6 Å². The molecule has 3 aromatic carbocycles. The van der Waals surface area contributed by atoms with Gasteiger partial charge >= 0.3 is 0 Å². The van der Waals surface area contributed by atoms with Crippen LogP contribution in [0, 0.1) is 6.92 Å². The Hall–Kier alpha value is -2.64. The van der Waals surface area contributed by atoms with Crippen LogP contribution in [0.4, 0.5) is 11.4 Å². The molecule has 1 N–H and O–H groups in total. The van der Waals surface area contributed by atoms with Gasteiger partial charge in [0.2, 0.25) is 5.91 Å². The van der Waals surface area contributed by atoms with Gasteiger partial charge < -0.3 is 5.32 Å². The van der Waals surface area contributed by atoms with E-state index in [2.05, 4.69) is 35.1 Å². The Bertz CT molecular complexity index is 1290. The number of carbonyl (C=O) groups is 1. The Morgan fingerprint density at radius 1 is 1.03 bits per heavy atom. The Kier molecular flexibility index (Phi) is 5.66. The molecular weight excluding hydrogens is 476 g/mol. The molecule has 7 heteroatoms. The van der Waals surface area contributed by atoms with Crippen LogP contribution in [-0.2, 0) is 14.8 Å². The molecule has 0 atom stereocenters. The molecule has 4 rings (SSSR count). The van der Waals surface area contributed by atoms with Gasteiger partial charge in [-0.2, -0.15) is 0 Å². The third-order valence-electron chi connectivity index (χ3n) is 5.45. The molecule has 0 saturated heterocycles. The van der Waals surface area contributed by atoms with Crippen LogP contribution in [0.15, 0.2) is 70.0 Å². The predicted molar refractivity (Wildman–Crippen MR) is 128 cm³/mol. The average Bonchev–Trinajstić information content (AvgIpc) is 2.72. The Labute approximate surface area is 191 Å². The summed E-state index contributed by atoms with van der Waals surface area (Å²) in [5, 5.41) is 2.96. The number of carbonyl (C=O) groups excluding carboxylic acids is 1. The number of fused-ring (bicyclic) bond motifs is 3. The smallest absolute Gasteiger partial charge is 0.265 e. The standard InChI is InChI=1S/C24H23BrN2O3S/c1-15(2)18-9-6-7-16(3)24(18)26-23(28)14-27-21-12-11-17(25)13-20(21)19-8-4-5-10-22(19)31(27,29)30/h4-13,15H,14H2,1-3H3,(H,26,28). The van der Waals surface area contributed by atoms with Crippen LogP contribution in [0.25, 0.3) is 11.1 Å². The minimum absolute atomic E-state index is 0.201. The van der Waals surface area contributed by atoms with Crippen LogP contribution in [0.1, 0.15) is 30.9 Å². The lowest BCUT2D eigenvalue weighted by Gasteiger charge is -2.32. The molecule has 3 aromatic rings. The summed E-state index contributed by atoms with van der Waals surface area (Å²) in [5.74, 6) is -0.160. The number of nitrogens with zero attached hydrogens (tertiary/aromatic N) is 1.